The predicted molar refractivity (Wildman–Crippen MR) is 116 cm³/mol. The molecule has 3 rings (SSSR count). The zero-order valence-electron chi connectivity index (χ0n) is 17.4. The lowest BCUT2D eigenvalue weighted by Gasteiger charge is -2.31. The van der Waals surface area contributed by atoms with Gasteiger partial charge in [0.1, 0.15) is 6.61 Å². The van der Waals surface area contributed by atoms with Crippen molar-refractivity contribution < 1.29 is 24.2 Å². The summed E-state index contributed by atoms with van der Waals surface area (Å²) in [6.07, 6.45) is -1.39. The van der Waals surface area contributed by atoms with Crippen LogP contribution in [0.3, 0.4) is 0 Å². The molecule has 0 radical (unpaired) electrons. The van der Waals surface area contributed by atoms with Crippen molar-refractivity contribution in [1.82, 2.24) is 9.80 Å². The Kier molecular flexibility index (Phi) is 7.17. The molecular formula is C23H25ClN2O5. The topological polar surface area (TPSA) is 87.2 Å². The van der Waals surface area contributed by atoms with E-state index in [9.17, 15) is 19.5 Å². The summed E-state index contributed by atoms with van der Waals surface area (Å²) in [5.41, 5.74) is 1.56. The van der Waals surface area contributed by atoms with Gasteiger partial charge in [0.15, 0.2) is 0 Å². The van der Waals surface area contributed by atoms with Crippen LogP contribution in [0, 0.1) is 0 Å². The van der Waals surface area contributed by atoms with Gasteiger partial charge in [-0.1, -0.05) is 54.1 Å². The van der Waals surface area contributed by atoms with E-state index < -0.39 is 30.1 Å². The number of carboxylic acid groups (broad SMARTS) is 1. The number of benzene rings is 2. The van der Waals surface area contributed by atoms with Gasteiger partial charge in [-0.2, -0.15) is 0 Å². The molecule has 31 heavy (non-hydrogen) atoms. The molecule has 2 aromatic carbocycles. The third kappa shape index (κ3) is 5.35. The SMILES string of the molecule is CC(C)N(C[C@H](C(=O)N1C(=O)OC[C@@H]1Cc1ccccc1)c1ccc(Cl)cc1)C(=O)O. The van der Waals surface area contributed by atoms with Crippen LogP contribution in [0.4, 0.5) is 9.59 Å². The first-order valence-corrected chi connectivity index (χ1v) is 10.4. The van der Waals surface area contributed by atoms with Gasteiger partial charge < -0.3 is 14.7 Å². The number of rotatable bonds is 7. The summed E-state index contributed by atoms with van der Waals surface area (Å²) < 4.78 is 5.19. The van der Waals surface area contributed by atoms with E-state index in [1.54, 1.807) is 38.1 Å². The average molecular weight is 445 g/mol. The third-order valence-electron chi connectivity index (χ3n) is 5.33. The molecular weight excluding hydrogens is 420 g/mol. The van der Waals surface area contributed by atoms with E-state index in [2.05, 4.69) is 0 Å². The van der Waals surface area contributed by atoms with E-state index in [1.165, 1.54) is 4.90 Å². The first kappa shape index (κ1) is 22.6. The number of cyclic esters (lactones) is 1. The van der Waals surface area contributed by atoms with Gasteiger partial charge in [-0.05, 0) is 43.5 Å². The summed E-state index contributed by atoms with van der Waals surface area (Å²) in [4.78, 5) is 40.2. The van der Waals surface area contributed by atoms with Crippen LogP contribution in [-0.4, -0.2) is 58.2 Å². The fourth-order valence-electron chi connectivity index (χ4n) is 3.66. The van der Waals surface area contributed by atoms with Gasteiger partial charge in [0.05, 0.1) is 12.0 Å². The van der Waals surface area contributed by atoms with Gasteiger partial charge in [-0.25, -0.2) is 14.5 Å². The van der Waals surface area contributed by atoms with Crippen molar-refractivity contribution in [2.75, 3.05) is 13.2 Å². The molecule has 2 atom stereocenters. The lowest BCUT2D eigenvalue weighted by molar-refractivity contribution is -0.131. The molecule has 0 aliphatic carbocycles. The molecule has 1 aliphatic heterocycles. The fraction of sp³-hybridized carbons (Fsp3) is 0.348. The lowest BCUT2D eigenvalue weighted by atomic mass is 9.95. The smallest absolute Gasteiger partial charge is 0.417 e. The summed E-state index contributed by atoms with van der Waals surface area (Å²) in [7, 11) is 0. The van der Waals surface area contributed by atoms with Crippen molar-refractivity contribution in [2.45, 2.75) is 38.3 Å². The monoisotopic (exact) mass is 444 g/mol. The third-order valence-corrected chi connectivity index (χ3v) is 5.58. The quantitative estimate of drug-likeness (QED) is 0.683. The number of halogens is 1. The highest BCUT2D eigenvalue weighted by molar-refractivity contribution is 6.30. The van der Waals surface area contributed by atoms with Crippen LogP contribution in [0.1, 0.15) is 30.9 Å². The van der Waals surface area contributed by atoms with Gasteiger partial charge in [0, 0.05) is 17.6 Å². The summed E-state index contributed by atoms with van der Waals surface area (Å²) >= 11 is 5.99. The normalized spacial score (nSPS) is 16.8. The molecule has 1 fully saturated rings. The van der Waals surface area contributed by atoms with Crippen molar-refractivity contribution in [3.63, 3.8) is 0 Å². The number of amides is 3. The molecule has 2 aromatic rings. The molecule has 0 unspecified atom stereocenters. The van der Waals surface area contributed by atoms with Crippen LogP contribution in [-0.2, 0) is 16.0 Å². The Bertz CT molecular complexity index is 933. The number of hydrogen-bond donors (Lipinski definition) is 1. The lowest BCUT2D eigenvalue weighted by Crippen LogP contribution is -2.47. The molecule has 1 N–H and O–H groups in total. The van der Waals surface area contributed by atoms with Crippen molar-refractivity contribution in [3.8, 4) is 0 Å². The van der Waals surface area contributed by atoms with E-state index in [-0.39, 0.29) is 19.2 Å². The maximum Gasteiger partial charge on any atom is 0.417 e. The summed E-state index contributed by atoms with van der Waals surface area (Å²) in [6.45, 7) is 3.48. The van der Waals surface area contributed by atoms with Crippen molar-refractivity contribution in [1.29, 1.82) is 0 Å². The molecule has 1 aliphatic rings. The zero-order valence-corrected chi connectivity index (χ0v) is 18.2. The summed E-state index contributed by atoms with van der Waals surface area (Å²) in [5.74, 6) is -1.36. The van der Waals surface area contributed by atoms with Crippen LogP contribution < -0.4 is 0 Å². The average Bonchev–Trinajstić information content (AvgIpc) is 3.09. The second kappa shape index (κ2) is 9.83. The number of carbonyl (C=O) groups excluding carboxylic acids is 2. The fourth-order valence-corrected chi connectivity index (χ4v) is 3.79. The first-order valence-electron chi connectivity index (χ1n) is 10.1. The second-order valence-corrected chi connectivity index (χ2v) is 8.20. The van der Waals surface area contributed by atoms with Crippen molar-refractivity contribution >= 4 is 29.7 Å². The van der Waals surface area contributed by atoms with E-state index in [0.29, 0.717) is 17.0 Å². The maximum absolute atomic E-state index is 13.6. The van der Waals surface area contributed by atoms with Gasteiger partial charge in [0.25, 0.3) is 0 Å². The molecule has 1 heterocycles. The molecule has 8 heteroatoms. The molecule has 3 amide bonds. The zero-order chi connectivity index (χ0) is 22.5. The Morgan fingerprint density at radius 3 is 2.39 bits per heavy atom. The van der Waals surface area contributed by atoms with Crippen LogP contribution in [0.25, 0.3) is 0 Å². The Morgan fingerprint density at radius 1 is 1.16 bits per heavy atom. The molecule has 0 saturated carbocycles. The number of hydrogen-bond acceptors (Lipinski definition) is 4. The van der Waals surface area contributed by atoms with Crippen LogP contribution in [0.5, 0.6) is 0 Å². The minimum atomic E-state index is -1.13. The molecule has 164 valence electrons. The van der Waals surface area contributed by atoms with E-state index in [4.69, 9.17) is 16.3 Å². The van der Waals surface area contributed by atoms with Crippen molar-refractivity contribution in [3.05, 3.63) is 70.7 Å². The number of nitrogens with zero attached hydrogens (tertiary/aromatic N) is 2. The minimum absolute atomic E-state index is 0.0880. The van der Waals surface area contributed by atoms with Crippen LogP contribution in [0.15, 0.2) is 54.6 Å². The van der Waals surface area contributed by atoms with Gasteiger partial charge >= 0.3 is 12.2 Å². The predicted octanol–water partition coefficient (Wildman–Crippen LogP) is 4.40. The number of ether oxygens (including phenoxy) is 1. The van der Waals surface area contributed by atoms with Gasteiger partial charge in [-0.15, -0.1) is 0 Å². The largest absolute Gasteiger partial charge is 0.465 e. The molecule has 0 spiro atoms. The van der Waals surface area contributed by atoms with E-state index in [1.807, 2.05) is 30.3 Å². The highest BCUT2D eigenvalue weighted by atomic mass is 35.5. The molecule has 0 bridgehead atoms. The van der Waals surface area contributed by atoms with Crippen LogP contribution >= 0.6 is 11.6 Å². The maximum atomic E-state index is 13.6. The van der Waals surface area contributed by atoms with Crippen molar-refractivity contribution in [2.24, 2.45) is 0 Å². The van der Waals surface area contributed by atoms with E-state index >= 15 is 0 Å². The Balaban J connectivity index is 1.92. The van der Waals surface area contributed by atoms with E-state index in [0.717, 1.165) is 10.5 Å². The Hall–Kier alpha value is -3.06. The molecule has 7 nitrogen and oxygen atoms in total. The van der Waals surface area contributed by atoms with Crippen LogP contribution in [0.2, 0.25) is 5.02 Å². The summed E-state index contributed by atoms with van der Waals surface area (Å²) in [6, 6.07) is 15.4. The Morgan fingerprint density at radius 2 is 1.81 bits per heavy atom. The number of imide groups is 1. The highest BCUT2D eigenvalue weighted by Gasteiger charge is 2.42. The second-order valence-electron chi connectivity index (χ2n) is 7.76. The summed E-state index contributed by atoms with van der Waals surface area (Å²) in [5, 5.41) is 10.1. The minimum Gasteiger partial charge on any atom is -0.465 e. The molecule has 0 aromatic heterocycles. The standard InChI is InChI=1S/C23H25ClN2O5/c1-15(2)25(22(28)29)13-20(17-8-10-18(24)11-9-17)21(27)26-19(14-31-23(26)30)12-16-6-4-3-5-7-16/h3-11,15,19-20H,12-14H2,1-2H3,(H,28,29)/t19-,20-/m0/s1. The molecule has 1 saturated heterocycles. The number of carbonyl (C=O) groups is 3. The first-order chi connectivity index (χ1) is 14.8. The Labute approximate surface area is 186 Å². The van der Waals surface area contributed by atoms with Gasteiger partial charge in [0.2, 0.25) is 5.91 Å². The highest BCUT2D eigenvalue weighted by Crippen LogP contribution is 2.27. The van der Waals surface area contributed by atoms with Gasteiger partial charge in [-0.3, -0.25) is 4.79 Å².